The van der Waals surface area contributed by atoms with Crippen molar-refractivity contribution in [2.45, 2.75) is 5.51 Å². The molecule has 0 atom stereocenters. The molecule has 9 heteroatoms. The SMILES string of the molecule is O=S(=O)(Oc1copc1)C(F)(F)F. The summed E-state index contributed by atoms with van der Waals surface area (Å²) in [7, 11) is -5.34. The van der Waals surface area contributed by atoms with Gasteiger partial charge in [0, 0.05) is 5.80 Å². The third kappa shape index (κ3) is 2.35. The van der Waals surface area contributed by atoms with Gasteiger partial charge in [-0.05, 0) is 0 Å². The molecule has 74 valence electrons. The molecule has 1 rings (SSSR count). The van der Waals surface area contributed by atoms with E-state index in [4.69, 9.17) is 0 Å². The van der Waals surface area contributed by atoms with E-state index in [0.29, 0.717) is 0 Å². The lowest BCUT2D eigenvalue weighted by molar-refractivity contribution is -0.0500. The summed E-state index contributed by atoms with van der Waals surface area (Å²) in [6.07, 6.45) is 0.783. The molecule has 0 unspecified atom stereocenters. The van der Waals surface area contributed by atoms with E-state index in [1.54, 1.807) is 0 Å². The van der Waals surface area contributed by atoms with Gasteiger partial charge in [-0.1, -0.05) is 0 Å². The van der Waals surface area contributed by atoms with Gasteiger partial charge in [0.15, 0.2) is 5.75 Å². The van der Waals surface area contributed by atoms with Gasteiger partial charge >= 0.3 is 15.6 Å². The first-order valence-corrected chi connectivity index (χ1v) is 5.02. The smallest absolute Gasteiger partial charge is 0.443 e. The van der Waals surface area contributed by atoms with E-state index in [-0.39, 0.29) is 8.43 Å². The molecule has 0 radical (unpaired) electrons. The van der Waals surface area contributed by atoms with Crippen LogP contribution in [0.2, 0.25) is 0 Å². The number of hydrogen-bond acceptors (Lipinski definition) is 4. The second kappa shape index (κ2) is 3.19. The van der Waals surface area contributed by atoms with Crippen molar-refractivity contribution in [2.75, 3.05) is 0 Å². The van der Waals surface area contributed by atoms with E-state index in [0.717, 1.165) is 12.1 Å². The zero-order valence-corrected chi connectivity index (χ0v) is 7.49. The molecule has 0 aliphatic rings. The molecular formula is C4H2F3O4PS. The van der Waals surface area contributed by atoms with Crippen LogP contribution in [0, 0.1) is 0 Å². The van der Waals surface area contributed by atoms with Crippen LogP contribution < -0.4 is 4.18 Å². The molecule has 0 amide bonds. The Morgan fingerprint density at radius 2 is 2.08 bits per heavy atom. The summed E-state index contributed by atoms with van der Waals surface area (Å²) in [5.74, 6) is 0.572. The first-order valence-electron chi connectivity index (χ1n) is 2.73. The summed E-state index contributed by atoms with van der Waals surface area (Å²) in [5.41, 5.74) is -5.42. The van der Waals surface area contributed by atoms with Crippen molar-refractivity contribution in [3.63, 3.8) is 0 Å². The third-order valence-electron chi connectivity index (χ3n) is 0.899. The van der Waals surface area contributed by atoms with Crippen molar-refractivity contribution in [1.29, 1.82) is 0 Å². The van der Waals surface area contributed by atoms with Gasteiger partial charge in [0.2, 0.25) is 0 Å². The molecule has 0 aromatic carbocycles. The van der Waals surface area contributed by atoms with Gasteiger partial charge in [-0.15, -0.1) is 0 Å². The molecule has 0 spiro atoms. The molecule has 0 aliphatic heterocycles. The summed E-state index contributed by atoms with van der Waals surface area (Å²) in [5, 5.41) is 0. The Balaban J connectivity index is 2.87. The average molecular weight is 234 g/mol. The highest BCUT2D eigenvalue weighted by Crippen LogP contribution is 2.28. The van der Waals surface area contributed by atoms with Gasteiger partial charge < -0.3 is 8.38 Å². The van der Waals surface area contributed by atoms with Crippen molar-refractivity contribution in [3.05, 3.63) is 12.1 Å². The monoisotopic (exact) mass is 234 g/mol. The number of halogens is 3. The molecule has 0 saturated heterocycles. The van der Waals surface area contributed by atoms with Crippen LogP contribution in [-0.2, 0) is 10.1 Å². The summed E-state index contributed by atoms with van der Waals surface area (Å²) >= 11 is 0. The molecule has 0 bridgehead atoms. The van der Waals surface area contributed by atoms with Gasteiger partial charge in [0.05, 0.1) is 0 Å². The van der Waals surface area contributed by atoms with E-state index in [1.165, 1.54) is 0 Å². The van der Waals surface area contributed by atoms with Crippen molar-refractivity contribution in [2.24, 2.45) is 0 Å². The van der Waals surface area contributed by atoms with Gasteiger partial charge in [-0.3, -0.25) is 0 Å². The summed E-state index contributed by atoms with van der Waals surface area (Å²) in [6.45, 7) is 0. The van der Waals surface area contributed by atoms with E-state index < -0.39 is 21.4 Å². The van der Waals surface area contributed by atoms with Crippen LogP contribution in [0.4, 0.5) is 13.2 Å². The Labute approximate surface area is 72.6 Å². The molecule has 0 N–H and O–H groups in total. The van der Waals surface area contributed by atoms with E-state index in [9.17, 15) is 21.6 Å². The first kappa shape index (κ1) is 10.3. The fraction of sp³-hybridized carbons (Fsp3) is 0.250. The molecule has 1 aromatic heterocycles. The van der Waals surface area contributed by atoms with Gasteiger partial charge in [-0.2, -0.15) is 21.6 Å². The van der Waals surface area contributed by atoms with Gasteiger partial charge in [-0.25, -0.2) is 0 Å². The Morgan fingerprint density at radius 3 is 2.46 bits per heavy atom. The molecule has 0 aliphatic carbocycles. The predicted molar refractivity (Wildman–Crippen MR) is 36.8 cm³/mol. The number of rotatable bonds is 2. The minimum atomic E-state index is -5.57. The van der Waals surface area contributed by atoms with Crippen LogP contribution in [0.25, 0.3) is 0 Å². The quantitative estimate of drug-likeness (QED) is 0.580. The Bertz CT molecular complexity index is 367. The van der Waals surface area contributed by atoms with Crippen LogP contribution in [0.15, 0.2) is 16.3 Å². The average Bonchev–Trinajstić information content (AvgIpc) is 2.35. The number of alkyl halides is 3. The molecular weight excluding hydrogens is 232 g/mol. The predicted octanol–water partition coefficient (Wildman–Crippen LogP) is 2.09. The third-order valence-corrected chi connectivity index (χ3v) is 2.46. The maximum atomic E-state index is 11.7. The molecule has 4 nitrogen and oxygen atoms in total. The van der Waals surface area contributed by atoms with Crippen molar-refractivity contribution in [3.8, 4) is 5.75 Å². The van der Waals surface area contributed by atoms with E-state index in [2.05, 4.69) is 8.38 Å². The number of hydrogen-bond donors (Lipinski definition) is 0. The first-order chi connectivity index (χ1) is 5.83. The lowest BCUT2D eigenvalue weighted by Crippen LogP contribution is -2.27. The van der Waals surface area contributed by atoms with Gasteiger partial charge in [0.25, 0.3) is 0 Å². The largest absolute Gasteiger partial charge is 0.534 e. The molecule has 1 aromatic rings. The van der Waals surface area contributed by atoms with E-state index >= 15 is 0 Å². The highest BCUT2D eigenvalue weighted by molar-refractivity contribution is 7.88. The topological polar surface area (TPSA) is 56.5 Å². The Hall–Kier alpha value is -0.750. The molecule has 13 heavy (non-hydrogen) atoms. The van der Waals surface area contributed by atoms with Crippen molar-refractivity contribution >= 4 is 18.6 Å². The minimum Gasteiger partial charge on any atom is -0.443 e. The summed E-state index contributed by atoms with van der Waals surface area (Å²) < 4.78 is 63.8. The fourth-order valence-corrected chi connectivity index (χ4v) is 1.36. The highest BCUT2D eigenvalue weighted by atomic mass is 32.2. The van der Waals surface area contributed by atoms with Crippen LogP contribution in [-0.4, -0.2) is 13.9 Å². The molecule has 0 fully saturated rings. The van der Waals surface area contributed by atoms with E-state index in [1.807, 2.05) is 0 Å². The second-order valence-electron chi connectivity index (χ2n) is 1.84. The summed E-state index contributed by atoms with van der Waals surface area (Å²) in [4.78, 5) is 0. The van der Waals surface area contributed by atoms with Crippen molar-refractivity contribution in [1.82, 2.24) is 0 Å². The highest BCUT2D eigenvalue weighted by Gasteiger charge is 2.48. The lowest BCUT2D eigenvalue weighted by atomic mass is 10.7. The van der Waals surface area contributed by atoms with Crippen molar-refractivity contribution < 1.29 is 30.0 Å². The van der Waals surface area contributed by atoms with Crippen LogP contribution in [0.5, 0.6) is 5.75 Å². The standard InChI is InChI=1S/C4H2F3O4PS/c5-4(6,7)13(8,9)11-3-1-10-12-2-3/h1-2H. The Kier molecular flexibility index (Phi) is 2.53. The van der Waals surface area contributed by atoms with Crippen LogP contribution in [0.3, 0.4) is 0 Å². The molecule has 1 heterocycles. The minimum absolute atomic E-state index is 0.221. The normalized spacial score (nSPS) is 13.5. The molecule has 0 saturated carbocycles. The zero-order chi connectivity index (χ0) is 10.1. The summed E-state index contributed by atoms with van der Waals surface area (Å²) in [6, 6.07) is 0. The van der Waals surface area contributed by atoms with Gasteiger partial charge in [0.1, 0.15) is 14.7 Å². The Morgan fingerprint density at radius 1 is 1.46 bits per heavy atom. The zero-order valence-electron chi connectivity index (χ0n) is 5.78. The maximum absolute atomic E-state index is 11.7. The fourth-order valence-electron chi connectivity index (χ4n) is 0.410. The van der Waals surface area contributed by atoms with Crippen LogP contribution in [0.1, 0.15) is 0 Å². The lowest BCUT2D eigenvalue weighted by Gasteiger charge is -2.06. The maximum Gasteiger partial charge on any atom is 0.534 e. The second-order valence-corrected chi connectivity index (χ2v) is 4.06. The van der Waals surface area contributed by atoms with Crippen LogP contribution >= 0.6 is 8.43 Å².